The largest absolute Gasteiger partial charge is 0.493 e. The van der Waals surface area contributed by atoms with Crippen molar-refractivity contribution in [3.05, 3.63) is 17.7 Å². The van der Waals surface area contributed by atoms with Crippen molar-refractivity contribution < 1.29 is 17.9 Å². The molecule has 0 aromatic heterocycles. The highest BCUT2D eigenvalue weighted by atomic mass is 32.2. The number of carbonyl (C=O) groups is 1. The number of primary sulfonamides is 1. The molecule has 7 heteroatoms. The van der Waals surface area contributed by atoms with Crippen LogP contribution in [0.1, 0.15) is 31.7 Å². The van der Waals surface area contributed by atoms with Crippen molar-refractivity contribution in [2.45, 2.75) is 38.0 Å². The SMILES string of the molecule is CCCCC(=O)Nc1cc(C)cc(S(N)(=O)=O)c1OC. The molecule has 20 heavy (non-hydrogen) atoms. The molecule has 1 amide bonds. The van der Waals surface area contributed by atoms with Crippen LogP contribution in [0.15, 0.2) is 17.0 Å². The molecule has 3 N–H and O–H groups in total. The van der Waals surface area contributed by atoms with E-state index in [4.69, 9.17) is 9.88 Å². The minimum Gasteiger partial charge on any atom is -0.493 e. The molecule has 0 spiro atoms. The number of sulfonamides is 1. The number of amides is 1. The molecule has 1 aromatic carbocycles. The van der Waals surface area contributed by atoms with Crippen LogP contribution in [-0.2, 0) is 14.8 Å². The van der Waals surface area contributed by atoms with Gasteiger partial charge in [0.1, 0.15) is 4.90 Å². The molecule has 0 heterocycles. The van der Waals surface area contributed by atoms with Crippen molar-refractivity contribution in [3.63, 3.8) is 0 Å². The maximum Gasteiger partial charge on any atom is 0.241 e. The third kappa shape index (κ3) is 4.21. The third-order valence-corrected chi connectivity index (χ3v) is 3.66. The second-order valence-corrected chi connectivity index (χ2v) is 6.07. The zero-order chi connectivity index (χ0) is 15.3. The van der Waals surface area contributed by atoms with Crippen molar-refractivity contribution >= 4 is 21.6 Å². The molecular weight excluding hydrogens is 280 g/mol. The van der Waals surface area contributed by atoms with Gasteiger partial charge in [-0.1, -0.05) is 13.3 Å². The highest BCUT2D eigenvalue weighted by Crippen LogP contribution is 2.33. The van der Waals surface area contributed by atoms with Crippen LogP contribution < -0.4 is 15.2 Å². The van der Waals surface area contributed by atoms with Crippen LogP contribution in [-0.4, -0.2) is 21.4 Å². The average molecular weight is 300 g/mol. The zero-order valence-corrected chi connectivity index (χ0v) is 12.7. The number of nitrogens with one attached hydrogen (secondary N) is 1. The van der Waals surface area contributed by atoms with Crippen LogP contribution in [0.2, 0.25) is 0 Å². The van der Waals surface area contributed by atoms with E-state index >= 15 is 0 Å². The van der Waals surface area contributed by atoms with E-state index in [-0.39, 0.29) is 16.6 Å². The quantitative estimate of drug-likeness (QED) is 0.836. The fourth-order valence-corrected chi connectivity index (χ4v) is 2.61. The lowest BCUT2D eigenvalue weighted by Crippen LogP contribution is -2.17. The number of anilines is 1. The lowest BCUT2D eigenvalue weighted by Gasteiger charge is -2.14. The van der Waals surface area contributed by atoms with Gasteiger partial charge in [-0.25, -0.2) is 13.6 Å². The Labute approximate surface area is 119 Å². The van der Waals surface area contributed by atoms with Crippen LogP contribution in [0.4, 0.5) is 5.69 Å². The number of methoxy groups -OCH3 is 1. The Morgan fingerprint density at radius 1 is 1.40 bits per heavy atom. The fraction of sp³-hybridized carbons (Fsp3) is 0.462. The number of hydrogen-bond acceptors (Lipinski definition) is 4. The van der Waals surface area contributed by atoms with Crippen LogP contribution in [0, 0.1) is 6.92 Å². The first-order valence-corrected chi connectivity index (χ1v) is 7.85. The smallest absolute Gasteiger partial charge is 0.241 e. The number of unbranched alkanes of at least 4 members (excludes halogenated alkanes) is 1. The van der Waals surface area contributed by atoms with Gasteiger partial charge in [0.05, 0.1) is 12.8 Å². The molecule has 6 nitrogen and oxygen atoms in total. The van der Waals surface area contributed by atoms with E-state index in [2.05, 4.69) is 5.32 Å². The van der Waals surface area contributed by atoms with Gasteiger partial charge < -0.3 is 10.1 Å². The molecule has 0 unspecified atom stereocenters. The number of ether oxygens (including phenoxy) is 1. The lowest BCUT2D eigenvalue weighted by atomic mass is 10.2. The molecule has 0 saturated heterocycles. The monoisotopic (exact) mass is 300 g/mol. The Morgan fingerprint density at radius 2 is 2.05 bits per heavy atom. The van der Waals surface area contributed by atoms with Gasteiger partial charge in [-0.2, -0.15) is 0 Å². The standard InChI is InChI=1S/C13H20N2O4S/c1-4-5-6-12(16)15-10-7-9(2)8-11(13(10)19-3)20(14,17)18/h7-8H,4-6H2,1-3H3,(H,15,16)(H2,14,17,18). The predicted octanol–water partition coefficient (Wildman–Crippen LogP) is 1.78. The van der Waals surface area contributed by atoms with E-state index in [9.17, 15) is 13.2 Å². The Hall–Kier alpha value is -1.60. The number of benzene rings is 1. The summed E-state index contributed by atoms with van der Waals surface area (Å²) >= 11 is 0. The maximum absolute atomic E-state index is 11.8. The summed E-state index contributed by atoms with van der Waals surface area (Å²) in [4.78, 5) is 11.6. The molecule has 1 rings (SSSR count). The van der Waals surface area contributed by atoms with Crippen LogP contribution in [0.5, 0.6) is 5.75 Å². The van der Waals surface area contributed by atoms with Gasteiger partial charge in [0.2, 0.25) is 15.9 Å². The summed E-state index contributed by atoms with van der Waals surface area (Å²) in [5.74, 6) is -0.126. The van der Waals surface area contributed by atoms with Crippen LogP contribution >= 0.6 is 0 Å². The molecule has 112 valence electrons. The summed E-state index contributed by atoms with van der Waals surface area (Å²) in [5, 5.41) is 7.83. The molecule has 0 fully saturated rings. The number of carbonyl (C=O) groups excluding carboxylic acids is 1. The summed E-state index contributed by atoms with van der Waals surface area (Å²) in [7, 11) is -2.59. The minimum absolute atomic E-state index is 0.0583. The molecule has 0 aliphatic heterocycles. The normalized spacial score (nSPS) is 11.2. The van der Waals surface area contributed by atoms with Crippen LogP contribution in [0.3, 0.4) is 0 Å². The summed E-state index contributed by atoms with van der Waals surface area (Å²) in [6, 6.07) is 3.06. The van der Waals surface area contributed by atoms with E-state index < -0.39 is 10.0 Å². The summed E-state index contributed by atoms with van der Waals surface area (Å²) in [6.45, 7) is 3.70. The van der Waals surface area contributed by atoms with Crippen molar-refractivity contribution in [2.75, 3.05) is 12.4 Å². The van der Waals surface area contributed by atoms with Gasteiger partial charge in [-0.3, -0.25) is 4.79 Å². The highest BCUT2D eigenvalue weighted by molar-refractivity contribution is 7.89. The maximum atomic E-state index is 11.8. The first kappa shape index (κ1) is 16.5. The van der Waals surface area contributed by atoms with Crippen molar-refractivity contribution in [3.8, 4) is 5.75 Å². The molecule has 0 saturated carbocycles. The third-order valence-electron chi connectivity index (χ3n) is 2.74. The highest BCUT2D eigenvalue weighted by Gasteiger charge is 2.20. The van der Waals surface area contributed by atoms with E-state index in [1.807, 2.05) is 6.92 Å². The molecule has 0 aliphatic rings. The Kier molecular flexibility index (Phi) is 5.52. The molecule has 0 bridgehead atoms. The summed E-state index contributed by atoms with van der Waals surface area (Å²) in [5.41, 5.74) is 0.984. The van der Waals surface area contributed by atoms with Gasteiger partial charge in [0.25, 0.3) is 0 Å². The van der Waals surface area contributed by atoms with E-state index in [0.29, 0.717) is 17.7 Å². The van der Waals surface area contributed by atoms with Gasteiger partial charge in [0, 0.05) is 6.42 Å². The van der Waals surface area contributed by atoms with Gasteiger partial charge >= 0.3 is 0 Å². The average Bonchev–Trinajstić information content (AvgIpc) is 2.34. The number of nitrogens with two attached hydrogens (primary N) is 1. The lowest BCUT2D eigenvalue weighted by molar-refractivity contribution is -0.116. The molecule has 0 radical (unpaired) electrons. The minimum atomic E-state index is -3.92. The van der Waals surface area contributed by atoms with E-state index in [0.717, 1.165) is 12.8 Å². The predicted molar refractivity (Wildman–Crippen MR) is 77.3 cm³/mol. The Morgan fingerprint density at radius 3 is 2.55 bits per heavy atom. The van der Waals surface area contributed by atoms with E-state index in [1.165, 1.54) is 13.2 Å². The molecule has 0 aliphatic carbocycles. The van der Waals surface area contributed by atoms with Gasteiger partial charge in [0.15, 0.2) is 5.75 Å². The van der Waals surface area contributed by atoms with Crippen molar-refractivity contribution in [2.24, 2.45) is 5.14 Å². The first-order chi connectivity index (χ1) is 9.29. The van der Waals surface area contributed by atoms with Crippen LogP contribution in [0.25, 0.3) is 0 Å². The van der Waals surface area contributed by atoms with Gasteiger partial charge in [-0.15, -0.1) is 0 Å². The molecule has 0 atom stereocenters. The van der Waals surface area contributed by atoms with E-state index in [1.54, 1.807) is 13.0 Å². The van der Waals surface area contributed by atoms with Crippen molar-refractivity contribution in [1.82, 2.24) is 0 Å². The summed E-state index contributed by atoms with van der Waals surface area (Å²) < 4.78 is 28.2. The first-order valence-electron chi connectivity index (χ1n) is 6.31. The number of rotatable bonds is 6. The molecular formula is C13H20N2O4S. The summed E-state index contributed by atoms with van der Waals surface area (Å²) in [6.07, 6.45) is 2.04. The molecule has 1 aromatic rings. The fourth-order valence-electron chi connectivity index (χ4n) is 1.80. The number of aryl methyl sites for hydroxylation is 1. The zero-order valence-electron chi connectivity index (χ0n) is 11.9. The topological polar surface area (TPSA) is 98.5 Å². The Bertz CT molecular complexity index is 597. The number of hydrogen-bond donors (Lipinski definition) is 2. The van der Waals surface area contributed by atoms with Crippen molar-refractivity contribution in [1.29, 1.82) is 0 Å². The second kappa shape index (κ2) is 6.71. The van der Waals surface area contributed by atoms with Gasteiger partial charge in [-0.05, 0) is 31.0 Å². The Balaban J connectivity index is 3.19. The second-order valence-electron chi connectivity index (χ2n) is 4.54.